The molecule has 0 spiro atoms. The van der Waals surface area contributed by atoms with Gasteiger partial charge in [0.15, 0.2) is 0 Å². The molecule has 20 heavy (non-hydrogen) atoms. The Bertz CT molecular complexity index is 291. The van der Waals surface area contributed by atoms with Gasteiger partial charge in [-0.25, -0.2) is 0 Å². The highest BCUT2D eigenvalue weighted by Gasteiger charge is 2.37. The third-order valence-electron chi connectivity index (χ3n) is 5.78. The van der Waals surface area contributed by atoms with Crippen molar-refractivity contribution in [3.63, 3.8) is 0 Å². The van der Waals surface area contributed by atoms with Gasteiger partial charge < -0.3 is 10.6 Å². The summed E-state index contributed by atoms with van der Waals surface area (Å²) in [6.07, 6.45) is 4.00. The quantitative estimate of drug-likeness (QED) is 0.785. The normalized spacial score (nSPS) is 35.1. The lowest BCUT2D eigenvalue weighted by atomic mass is 10.0. The van der Waals surface area contributed by atoms with Crippen molar-refractivity contribution in [1.82, 2.24) is 20.4 Å². The van der Waals surface area contributed by atoms with Crippen LogP contribution in [0.15, 0.2) is 0 Å². The van der Waals surface area contributed by atoms with Crippen molar-refractivity contribution in [3.05, 3.63) is 0 Å². The molecule has 3 saturated heterocycles. The van der Waals surface area contributed by atoms with Crippen molar-refractivity contribution in [2.75, 3.05) is 45.9 Å². The summed E-state index contributed by atoms with van der Waals surface area (Å²) in [4.78, 5) is 5.36. The third kappa shape index (κ3) is 3.35. The summed E-state index contributed by atoms with van der Waals surface area (Å²) in [5.41, 5.74) is 0. The molecule has 4 nitrogen and oxygen atoms in total. The monoisotopic (exact) mass is 280 g/mol. The second-order valence-corrected chi connectivity index (χ2v) is 7.23. The van der Waals surface area contributed by atoms with E-state index in [-0.39, 0.29) is 0 Å². The van der Waals surface area contributed by atoms with Crippen molar-refractivity contribution in [2.45, 2.75) is 45.2 Å². The molecule has 4 heteroatoms. The van der Waals surface area contributed by atoms with Crippen LogP contribution in [-0.4, -0.2) is 67.8 Å². The summed E-state index contributed by atoms with van der Waals surface area (Å²) in [5.74, 6) is 1.86. The molecule has 4 atom stereocenters. The Balaban J connectivity index is 1.39. The van der Waals surface area contributed by atoms with Gasteiger partial charge in [-0.3, -0.25) is 9.80 Å². The highest BCUT2D eigenvalue weighted by molar-refractivity contribution is 4.92. The lowest BCUT2D eigenvalue weighted by molar-refractivity contribution is 0.141. The van der Waals surface area contributed by atoms with E-state index >= 15 is 0 Å². The van der Waals surface area contributed by atoms with E-state index in [9.17, 15) is 0 Å². The average molecular weight is 280 g/mol. The number of hydrogen-bond donors (Lipinski definition) is 2. The van der Waals surface area contributed by atoms with Gasteiger partial charge in [-0.1, -0.05) is 0 Å². The van der Waals surface area contributed by atoms with E-state index in [4.69, 9.17) is 0 Å². The molecular weight excluding hydrogens is 248 g/mol. The van der Waals surface area contributed by atoms with Gasteiger partial charge >= 0.3 is 0 Å². The van der Waals surface area contributed by atoms with Gasteiger partial charge in [-0.05, 0) is 64.6 Å². The average Bonchev–Trinajstić information content (AvgIpc) is 3.06. The Morgan fingerprint density at radius 2 is 1.60 bits per heavy atom. The highest BCUT2D eigenvalue weighted by atomic mass is 15.3. The Hall–Kier alpha value is -0.160. The van der Waals surface area contributed by atoms with E-state index in [1.807, 2.05) is 0 Å². The fraction of sp³-hybridized carbons (Fsp3) is 1.00. The van der Waals surface area contributed by atoms with Gasteiger partial charge in [0.25, 0.3) is 0 Å². The molecule has 116 valence electrons. The van der Waals surface area contributed by atoms with Gasteiger partial charge in [0.1, 0.15) is 0 Å². The van der Waals surface area contributed by atoms with Crippen molar-refractivity contribution in [1.29, 1.82) is 0 Å². The van der Waals surface area contributed by atoms with Crippen LogP contribution >= 0.6 is 0 Å². The topological polar surface area (TPSA) is 30.5 Å². The number of hydrogen-bond acceptors (Lipinski definition) is 4. The predicted molar refractivity (Wildman–Crippen MR) is 83.8 cm³/mol. The molecule has 3 aliphatic rings. The summed E-state index contributed by atoms with van der Waals surface area (Å²) in [5, 5.41) is 7.03. The maximum absolute atomic E-state index is 3.54. The number of nitrogens with zero attached hydrogens (tertiary/aromatic N) is 2. The molecular formula is C16H32N4. The lowest BCUT2D eigenvalue weighted by Crippen LogP contribution is -2.46. The van der Waals surface area contributed by atoms with Crippen molar-refractivity contribution >= 4 is 0 Å². The van der Waals surface area contributed by atoms with Gasteiger partial charge in [0, 0.05) is 38.4 Å². The van der Waals surface area contributed by atoms with Crippen LogP contribution in [0.5, 0.6) is 0 Å². The minimum Gasteiger partial charge on any atom is -0.316 e. The first-order chi connectivity index (χ1) is 9.74. The molecule has 0 aromatic rings. The zero-order chi connectivity index (χ0) is 13.9. The summed E-state index contributed by atoms with van der Waals surface area (Å²) in [7, 11) is 0. The number of rotatable bonds is 5. The fourth-order valence-electron chi connectivity index (χ4n) is 4.18. The molecule has 0 radical (unpaired) electrons. The minimum atomic E-state index is 0.731. The molecule has 4 unspecified atom stereocenters. The molecule has 3 heterocycles. The predicted octanol–water partition coefficient (Wildman–Crippen LogP) is 0.948. The van der Waals surface area contributed by atoms with E-state index in [0.717, 1.165) is 30.6 Å². The number of nitrogens with one attached hydrogen (secondary N) is 2. The van der Waals surface area contributed by atoms with Crippen LogP contribution < -0.4 is 10.6 Å². The Morgan fingerprint density at radius 1 is 0.950 bits per heavy atom. The van der Waals surface area contributed by atoms with E-state index in [1.165, 1.54) is 58.5 Å². The van der Waals surface area contributed by atoms with E-state index < -0.39 is 0 Å². The van der Waals surface area contributed by atoms with Crippen LogP contribution in [0.25, 0.3) is 0 Å². The third-order valence-corrected chi connectivity index (χ3v) is 5.78. The van der Waals surface area contributed by atoms with Crippen molar-refractivity contribution in [3.8, 4) is 0 Å². The smallest absolute Gasteiger partial charge is 0.0483 e. The van der Waals surface area contributed by atoms with Crippen LogP contribution in [0.4, 0.5) is 0 Å². The molecule has 0 bridgehead atoms. The SMILES string of the molecule is CC(CCC(C)N1CC2CNCC2C1)N1CCCNC1. The maximum Gasteiger partial charge on any atom is 0.0483 e. The summed E-state index contributed by atoms with van der Waals surface area (Å²) in [6.45, 7) is 13.6. The van der Waals surface area contributed by atoms with Crippen LogP contribution in [0.2, 0.25) is 0 Å². The van der Waals surface area contributed by atoms with Gasteiger partial charge in [-0.2, -0.15) is 0 Å². The molecule has 3 rings (SSSR count). The largest absolute Gasteiger partial charge is 0.316 e. The summed E-state index contributed by atoms with van der Waals surface area (Å²) in [6, 6.07) is 1.50. The lowest BCUT2D eigenvalue weighted by Gasteiger charge is -2.34. The highest BCUT2D eigenvalue weighted by Crippen LogP contribution is 2.28. The molecule has 3 fully saturated rings. The second kappa shape index (κ2) is 6.73. The number of likely N-dealkylation sites (tertiary alicyclic amines) is 1. The molecule has 0 amide bonds. The first-order valence-electron chi connectivity index (χ1n) is 8.63. The van der Waals surface area contributed by atoms with Crippen LogP contribution in [-0.2, 0) is 0 Å². The van der Waals surface area contributed by atoms with Gasteiger partial charge in [0.2, 0.25) is 0 Å². The maximum atomic E-state index is 3.54. The number of fused-ring (bicyclic) bond motifs is 1. The van der Waals surface area contributed by atoms with E-state index in [1.54, 1.807) is 0 Å². The molecule has 2 N–H and O–H groups in total. The van der Waals surface area contributed by atoms with Crippen LogP contribution in [0.3, 0.4) is 0 Å². The Kier molecular flexibility index (Phi) is 4.97. The van der Waals surface area contributed by atoms with Crippen LogP contribution in [0, 0.1) is 11.8 Å². The standard InChI is InChI=1S/C16H32N4/c1-13(19-7-3-6-17-12-19)4-5-14(2)20-10-15-8-18-9-16(15)11-20/h13-18H,3-12H2,1-2H3. The first-order valence-corrected chi connectivity index (χ1v) is 8.63. The Morgan fingerprint density at radius 3 is 2.20 bits per heavy atom. The fourth-order valence-corrected chi connectivity index (χ4v) is 4.18. The first kappa shape index (κ1) is 14.8. The molecule has 0 aliphatic carbocycles. The summed E-state index contributed by atoms with van der Waals surface area (Å²) < 4.78 is 0. The van der Waals surface area contributed by atoms with Gasteiger partial charge in [0.05, 0.1) is 0 Å². The molecule has 0 aromatic heterocycles. The van der Waals surface area contributed by atoms with Gasteiger partial charge in [-0.15, -0.1) is 0 Å². The van der Waals surface area contributed by atoms with E-state index in [2.05, 4.69) is 34.3 Å². The van der Waals surface area contributed by atoms with E-state index in [0.29, 0.717) is 0 Å². The molecule has 0 saturated carbocycles. The minimum absolute atomic E-state index is 0.731. The van der Waals surface area contributed by atoms with Crippen molar-refractivity contribution < 1.29 is 0 Å². The second-order valence-electron chi connectivity index (χ2n) is 7.23. The van der Waals surface area contributed by atoms with Crippen LogP contribution in [0.1, 0.15) is 33.1 Å². The Labute approximate surface area is 124 Å². The summed E-state index contributed by atoms with van der Waals surface area (Å²) >= 11 is 0. The zero-order valence-electron chi connectivity index (χ0n) is 13.3. The zero-order valence-corrected chi connectivity index (χ0v) is 13.3. The van der Waals surface area contributed by atoms with Crippen molar-refractivity contribution in [2.24, 2.45) is 11.8 Å². The molecule has 0 aromatic carbocycles. The molecule has 3 aliphatic heterocycles.